The quantitative estimate of drug-likeness (QED) is 0.772. The number of ether oxygens (including phenoxy) is 1. The molecule has 1 N–H and O–H groups in total. The number of hydrogen-bond acceptors (Lipinski definition) is 3. The van der Waals surface area contributed by atoms with Crippen molar-refractivity contribution in [3.05, 3.63) is 30.1 Å². The minimum Gasteiger partial charge on any atom is -0.387 e. The molecule has 0 saturated carbocycles. The van der Waals surface area contributed by atoms with Crippen LogP contribution < -0.4 is 0 Å². The van der Waals surface area contributed by atoms with E-state index in [-0.39, 0.29) is 0 Å². The summed E-state index contributed by atoms with van der Waals surface area (Å²) in [6.45, 7) is 4.68. The number of pyridine rings is 1. The lowest BCUT2D eigenvalue weighted by Gasteiger charge is -2.22. The van der Waals surface area contributed by atoms with Crippen LogP contribution in [0.5, 0.6) is 0 Å². The Labute approximate surface area is 84.7 Å². The molecule has 1 atom stereocenters. The third-order valence-corrected chi connectivity index (χ3v) is 1.92. The molecule has 0 aliphatic rings. The Morgan fingerprint density at radius 1 is 1.57 bits per heavy atom. The first-order valence-corrected chi connectivity index (χ1v) is 4.83. The molecule has 1 aromatic heterocycles. The fraction of sp³-hybridized carbons (Fsp3) is 0.545. The maximum absolute atomic E-state index is 9.95. The van der Waals surface area contributed by atoms with Gasteiger partial charge in [-0.05, 0) is 25.5 Å². The van der Waals surface area contributed by atoms with E-state index in [4.69, 9.17) is 4.74 Å². The summed E-state index contributed by atoms with van der Waals surface area (Å²) in [7, 11) is 0. The summed E-state index contributed by atoms with van der Waals surface area (Å²) >= 11 is 0. The van der Waals surface area contributed by atoms with Gasteiger partial charge in [0.25, 0.3) is 0 Å². The molecule has 0 aliphatic heterocycles. The molecule has 1 aromatic rings. The number of aromatic nitrogens is 1. The Bertz CT molecular complexity index is 259. The number of aliphatic hydroxyl groups is 1. The zero-order valence-corrected chi connectivity index (χ0v) is 8.73. The molecule has 0 amide bonds. The fourth-order valence-electron chi connectivity index (χ4n) is 1.32. The van der Waals surface area contributed by atoms with E-state index < -0.39 is 5.60 Å². The number of nitrogens with zero attached hydrogens (tertiary/aromatic N) is 1. The van der Waals surface area contributed by atoms with Crippen molar-refractivity contribution >= 4 is 0 Å². The highest BCUT2D eigenvalue weighted by molar-refractivity contribution is 5.11. The van der Waals surface area contributed by atoms with E-state index in [0.29, 0.717) is 19.6 Å². The topological polar surface area (TPSA) is 42.4 Å². The van der Waals surface area contributed by atoms with Gasteiger partial charge >= 0.3 is 0 Å². The van der Waals surface area contributed by atoms with Crippen LogP contribution in [0.25, 0.3) is 0 Å². The van der Waals surface area contributed by atoms with Gasteiger partial charge in [-0.25, -0.2) is 0 Å². The highest BCUT2D eigenvalue weighted by Gasteiger charge is 2.20. The Morgan fingerprint density at radius 3 is 2.93 bits per heavy atom. The Balaban J connectivity index is 2.50. The van der Waals surface area contributed by atoms with Crippen molar-refractivity contribution in [3.8, 4) is 0 Å². The molecule has 0 aromatic carbocycles. The molecule has 1 rings (SSSR count). The normalized spacial score (nSPS) is 15.1. The van der Waals surface area contributed by atoms with Crippen molar-refractivity contribution in [1.29, 1.82) is 0 Å². The van der Waals surface area contributed by atoms with Gasteiger partial charge < -0.3 is 9.84 Å². The lowest BCUT2D eigenvalue weighted by molar-refractivity contribution is -0.0297. The van der Waals surface area contributed by atoms with Crippen molar-refractivity contribution in [2.45, 2.75) is 25.9 Å². The first-order valence-electron chi connectivity index (χ1n) is 4.83. The zero-order valence-electron chi connectivity index (χ0n) is 8.73. The SMILES string of the molecule is CCOCC(C)(O)Cc1cccnc1. The minimum absolute atomic E-state index is 0.360. The minimum atomic E-state index is -0.807. The summed E-state index contributed by atoms with van der Waals surface area (Å²) in [5.74, 6) is 0. The second-order valence-corrected chi connectivity index (χ2v) is 3.67. The Morgan fingerprint density at radius 2 is 2.36 bits per heavy atom. The van der Waals surface area contributed by atoms with Gasteiger partial charge in [-0.15, -0.1) is 0 Å². The predicted octanol–water partition coefficient (Wildman–Crippen LogP) is 1.41. The molecular weight excluding hydrogens is 178 g/mol. The molecule has 0 saturated heterocycles. The second-order valence-electron chi connectivity index (χ2n) is 3.67. The molecular formula is C11H17NO2. The van der Waals surface area contributed by atoms with Crippen LogP contribution in [-0.2, 0) is 11.2 Å². The third-order valence-electron chi connectivity index (χ3n) is 1.92. The monoisotopic (exact) mass is 195 g/mol. The van der Waals surface area contributed by atoms with E-state index in [2.05, 4.69) is 4.98 Å². The molecule has 1 unspecified atom stereocenters. The van der Waals surface area contributed by atoms with E-state index in [1.54, 1.807) is 19.3 Å². The van der Waals surface area contributed by atoms with Gasteiger partial charge in [-0.3, -0.25) is 4.98 Å². The average molecular weight is 195 g/mol. The largest absolute Gasteiger partial charge is 0.387 e. The summed E-state index contributed by atoms with van der Waals surface area (Å²) in [6.07, 6.45) is 4.06. The zero-order chi connectivity index (χ0) is 10.4. The van der Waals surface area contributed by atoms with Crippen LogP contribution >= 0.6 is 0 Å². The smallest absolute Gasteiger partial charge is 0.0892 e. The Kier molecular flexibility index (Phi) is 4.04. The van der Waals surface area contributed by atoms with Crippen molar-refractivity contribution in [2.24, 2.45) is 0 Å². The average Bonchev–Trinajstić information content (AvgIpc) is 2.16. The van der Waals surface area contributed by atoms with E-state index in [9.17, 15) is 5.11 Å². The molecule has 3 heteroatoms. The summed E-state index contributed by atoms with van der Waals surface area (Å²) in [6, 6.07) is 3.82. The molecule has 3 nitrogen and oxygen atoms in total. The van der Waals surface area contributed by atoms with Crippen molar-refractivity contribution in [3.63, 3.8) is 0 Å². The summed E-state index contributed by atoms with van der Waals surface area (Å²) in [5.41, 5.74) is 0.219. The van der Waals surface area contributed by atoms with Crippen molar-refractivity contribution in [2.75, 3.05) is 13.2 Å². The third kappa shape index (κ3) is 3.85. The van der Waals surface area contributed by atoms with Crippen LogP contribution in [0.4, 0.5) is 0 Å². The Hall–Kier alpha value is -0.930. The maximum Gasteiger partial charge on any atom is 0.0892 e. The van der Waals surface area contributed by atoms with Gasteiger partial charge in [-0.1, -0.05) is 6.07 Å². The van der Waals surface area contributed by atoms with E-state index in [1.807, 2.05) is 19.1 Å². The van der Waals surface area contributed by atoms with E-state index in [1.165, 1.54) is 0 Å². The molecule has 0 aliphatic carbocycles. The molecule has 0 fully saturated rings. The second kappa shape index (κ2) is 5.08. The van der Waals surface area contributed by atoms with Crippen LogP contribution in [0.3, 0.4) is 0 Å². The summed E-state index contributed by atoms with van der Waals surface area (Å²) < 4.78 is 5.20. The van der Waals surface area contributed by atoms with Crippen LogP contribution in [0, 0.1) is 0 Å². The number of hydrogen-bond donors (Lipinski definition) is 1. The van der Waals surface area contributed by atoms with Crippen molar-refractivity contribution < 1.29 is 9.84 Å². The first-order chi connectivity index (χ1) is 6.64. The molecule has 1 heterocycles. The summed E-state index contributed by atoms with van der Waals surface area (Å²) in [5, 5.41) is 9.95. The van der Waals surface area contributed by atoms with Crippen LogP contribution in [0.15, 0.2) is 24.5 Å². The highest BCUT2D eigenvalue weighted by atomic mass is 16.5. The van der Waals surface area contributed by atoms with Gasteiger partial charge in [-0.2, -0.15) is 0 Å². The van der Waals surface area contributed by atoms with Gasteiger partial charge in [0.1, 0.15) is 0 Å². The van der Waals surface area contributed by atoms with E-state index >= 15 is 0 Å². The number of rotatable bonds is 5. The molecule has 0 radical (unpaired) electrons. The van der Waals surface area contributed by atoms with E-state index in [0.717, 1.165) is 5.56 Å². The molecule has 0 bridgehead atoms. The predicted molar refractivity (Wildman–Crippen MR) is 55.1 cm³/mol. The van der Waals surface area contributed by atoms with Crippen LogP contribution in [0.1, 0.15) is 19.4 Å². The fourth-order valence-corrected chi connectivity index (χ4v) is 1.32. The summed E-state index contributed by atoms with van der Waals surface area (Å²) in [4.78, 5) is 4.00. The van der Waals surface area contributed by atoms with Crippen LogP contribution in [-0.4, -0.2) is 28.9 Å². The highest BCUT2D eigenvalue weighted by Crippen LogP contribution is 2.12. The van der Waals surface area contributed by atoms with Crippen molar-refractivity contribution in [1.82, 2.24) is 4.98 Å². The maximum atomic E-state index is 9.95. The standard InChI is InChI=1S/C11H17NO2/c1-3-14-9-11(2,13)7-10-5-4-6-12-8-10/h4-6,8,13H,3,7,9H2,1-2H3. The lowest BCUT2D eigenvalue weighted by Crippen LogP contribution is -2.33. The van der Waals surface area contributed by atoms with Gasteiger partial charge in [0.2, 0.25) is 0 Å². The van der Waals surface area contributed by atoms with Gasteiger partial charge in [0.05, 0.1) is 12.2 Å². The molecule has 14 heavy (non-hydrogen) atoms. The lowest BCUT2D eigenvalue weighted by atomic mass is 9.99. The molecule has 78 valence electrons. The van der Waals surface area contributed by atoms with Gasteiger partial charge in [0, 0.05) is 25.4 Å². The van der Waals surface area contributed by atoms with Crippen LogP contribution in [0.2, 0.25) is 0 Å². The first kappa shape index (κ1) is 11.1. The van der Waals surface area contributed by atoms with Gasteiger partial charge in [0.15, 0.2) is 0 Å². The molecule has 0 spiro atoms.